The molecule has 110 valence electrons. The molecule has 0 aliphatic heterocycles. The number of nitrogens with one attached hydrogen (secondary N) is 1. The van der Waals surface area contributed by atoms with Crippen molar-refractivity contribution in [1.29, 1.82) is 0 Å². The van der Waals surface area contributed by atoms with Gasteiger partial charge in [0.2, 0.25) is 0 Å². The lowest BCUT2D eigenvalue weighted by atomic mass is 10.2. The number of halogens is 1. The topological polar surface area (TPSA) is 92.2 Å². The number of carboxylic acid groups (broad SMARTS) is 1. The first-order valence-corrected chi connectivity index (χ1v) is 7.29. The fraction of sp³-hybridized carbons (Fsp3) is 0. The molecule has 0 aliphatic carbocycles. The lowest BCUT2D eigenvalue weighted by Gasteiger charge is -2.00. The number of fused-ring (bicyclic) bond motifs is 1. The number of pyridine rings is 1. The predicted octanol–water partition coefficient (Wildman–Crippen LogP) is 3.30. The molecule has 0 bridgehead atoms. The van der Waals surface area contributed by atoms with Crippen molar-refractivity contribution in [3.8, 4) is 0 Å². The highest BCUT2D eigenvalue weighted by Crippen LogP contribution is 2.27. The van der Waals surface area contributed by atoms with Crippen molar-refractivity contribution in [1.82, 2.24) is 9.97 Å². The van der Waals surface area contributed by atoms with E-state index in [0.717, 1.165) is 0 Å². The summed E-state index contributed by atoms with van der Waals surface area (Å²) in [6.07, 6.45) is 1.37. The van der Waals surface area contributed by atoms with Gasteiger partial charge in [-0.25, -0.2) is 14.8 Å². The molecule has 0 unspecified atom stereocenters. The van der Waals surface area contributed by atoms with Crippen LogP contribution in [-0.4, -0.2) is 27.0 Å². The van der Waals surface area contributed by atoms with E-state index in [1.807, 2.05) is 0 Å². The standard InChI is InChI=1S/C14H8ClN3O3S/c15-11-4-2-8(6-16-11)12(19)18-14-17-9-3-1-7(13(20)21)5-10(9)22-14/h1-6H,(H,20,21)(H,17,18,19). The Morgan fingerprint density at radius 3 is 2.64 bits per heavy atom. The van der Waals surface area contributed by atoms with Gasteiger partial charge in [0, 0.05) is 6.20 Å². The van der Waals surface area contributed by atoms with Gasteiger partial charge in [-0.15, -0.1) is 0 Å². The van der Waals surface area contributed by atoms with Crippen molar-refractivity contribution < 1.29 is 14.7 Å². The van der Waals surface area contributed by atoms with Crippen LogP contribution in [0.4, 0.5) is 5.13 Å². The van der Waals surface area contributed by atoms with E-state index >= 15 is 0 Å². The molecule has 0 saturated heterocycles. The van der Waals surface area contributed by atoms with E-state index in [1.165, 1.54) is 35.7 Å². The minimum Gasteiger partial charge on any atom is -0.478 e. The number of hydrogen-bond donors (Lipinski definition) is 2. The summed E-state index contributed by atoms with van der Waals surface area (Å²) in [5, 5.41) is 12.3. The van der Waals surface area contributed by atoms with Gasteiger partial charge in [0.25, 0.3) is 5.91 Å². The van der Waals surface area contributed by atoms with Crippen molar-refractivity contribution >= 4 is 50.2 Å². The van der Waals surface area contributed by atoms with Crippen LogP contribution in [0.1, 0.15) is 20.7 Å². The number of nitrogens with zero attached hydrogens (tertiary/aromatic N) is 2. The molecule has 1 aromatic carbocycles. The van der Waals surface area contributed by atoms with Gasteiger partial charge in [-0.1, -0.05) is 22.9 Å². The molecule has 2 N–H and O–H groups in total. The van der Waals surface area contributed by atoms with E-state index in [-0.39, 0.29) is 11.5 Å². The van der Waals surface area contributed by atoms with Gasteiger partial charge in [-0.3, -0.25) is 10.1 Å². The monoisotopic (exact) mass is 333 g/mol. The Morgan fingerprint density at radius 2 is 1.95 bits per heavy atom. The van der Waals surface area contributed by atoms with Crippen molar-refractivity contribution in [2.24, 2.45) is 0 Å². The third-order valence-corrected chi connectivity index (χ3v) is 4.00. The number of rotatable bonds is 3. The van der Waals surface area contributed by atoms with Crippen LogP contribution >= 0.6 is 22.9 Å². The molecule has 0 radical (unpaired) electrons. The van der Waals surface area contributed by atoms with Gasteiger partial charge >= 0.3 is 5.97 Å². The summed E-state index contributed by atoms with van der Waals surface area (Å²) >= 11 is 6.87. The second kappa shape index (κ2) is 5.70. The number of aromatic nitrogens is 2. The van der Waals surface area contributed by atoms with Crippen molar-refractivity contribution in [2.75, 3.05) is 5.32 Å². The maximum Gasteiger partial charge on any atom is 0.335 e. The van der Waals surface area contributed by atoms with Crippen molar-refractivity contribution in [2.45, 2.75) is 0 Å². The van der Waals surface area contributed by atoms with E-state index in [1.54, 1.807) is 12.1 Å². The third-order valence-electron chi connectivity index (χ3n) is 2.85. The van der Waals surface area contributed by atoms with Crippen LogP contribution in [0.2, 0.25) is 5.15 Å². The highest BCUT2D eigenvalue weighted by atomic mass is 35.5. The van der Waals surface area contributed by atoms with E-state index in [2.05, 4.69) is 15.3 Å². The van der Waals surface area contributed by atoms with Crippen LogP contribution in [0.5, 0.6) is 0 Å². The molecule has 0 saturated carbocycles. The first kappa shape index (κ1) is 14.4. The zero-order chi connectivity index (χ0) is 15.7. The molecule has 0 aliphatic rings. The Kier molecular flexibility index (Phi) is 3.74. The quantitative estimate of drug-likeness (QED) is 0.717. The number of anilines is 1. The minimum atomic E-state index is -1.01. The average Bonchev–Trinajstić information content (AvgIpc) is 2.88. The van der Waals surface area contributed by atoms with Crippen LogP contribution in [0, 0.1) is 0 Å². The van der Waals surface area contributed by atoms with Crippen LogP contribution in [0.25, 0.3) is 10.2 Å². The van der Waals surface area contributed by atoms with Crippen LogP contribution in [0.3, 0.4) is 0 Å². The lowest BCUT2D eigenvalue weighted by molar-refractivity contribution is 0.0697. The summed E-state index contributed by atoms with van der Waals surface area (Å²) in [5.74, 6) is -1.37. The molecule has 1 amide bonds. The molecule has 3 aromatic rings. The van der Waals surface area contributed by atoms with E-state index < -0.39 is 5.97 Å². The molecular weight excluding hydrogens is 326 g/mol. The maximum atomic E-state index is 12.1. The minimum absolute atomic E-state index is 0.177. The summed E-state index contributed by atoms with van der Waals surface area (Å²) in [6, 6.07) is 7.68. The molecule has 8 heteroatoms. The molecule has 3 rings (SSSR count). The molecule has 0 spiro atoms. The lowest BCUT2D eigenvalue weighted by Crippen LogP contribution is -2.11. The summed E-state index contributed by atoms with van der Waals surface area (Å²) in [6.45, 7) is 0. The molecule has 0 fully saturated rings. The van der Waals surface area contributed by atoms with Crippen molar-refractivity contribution in [3.63, 3.8) is 0 Å². The zero-order valence-corrected chi connectivity index (χ0v) is 12.5. The van der Waals surface area contributed by atoms with Gasteiger partial charge in [0.1, 0.15) is 5.15 Å². The molecule has 0 atom stereocenters. The molecule has 6 nitrogen and oxygen atoms in total. The van der Waals surface area contributed by atoms with Gasteiger partial charge in [0.05, 0.1) is 21.3 Å². The Morgan fingerprint density at radius 1 is 1.18 bits per heavy atom. The average molecular weight is 334 g/mol. The Balaban J connectivity index is 1.86. The normalized spacial score (nSPS) is 10.6. The number of carboxylic acids is 1. The van der Waals surface area contributed by atoms with Crippen LogP contribution in [0.15, 0.2) is 36.5 Å². The number of thiazole rings is 1. The smallest absolute Gasteiger partial charge is 0.335 e. The number of benzene rings is 1. The molecule has 2 heterocycles. The van der Waals surface area contributed by atoms with E-state index in [4.69, 9.17) is 16.7 Å². The molecule has 2 aromatic heterocycles. The second-order valence-corrected chi connectivity index (χ2v) is 5.75. The first-order valence-electron chi connectivity index (χ1n) is 6.10. The fourth-order valence-corrected chi connectivity index (χ4v) is 2.80. The number of amides is 1. The summed E-state index contributed by atoms with van der Waals surface area (Å²) in [5.41, 5.74) is 1.16. The second-order valence-electron chi connectivity index (χ2n) is 4.33. The van der Waals surface area contributed by atoms with Crippen LogP contribution < -0.4 is 5.32 Å². The van der Waals surface area contributed by atoms with Crippen LogP contribution in [-0.2, 0) is 0 Å². The van der Waals surface area contributed by atoms with E-state index in [9.17, 15) is 9.59 Å². The maximum absolute atomic E-state index is 12.1. The highest BCUT2D eigenvalue weighted by molar-refractivity contribution is 7.22. The van der Waals surface area contributed by atoms with E-state index in [0.29, 0.717) is 26.1 Å². The number of hydrogen-bond acceptors (Lipinski definition) is 5. The number of carbonyl (C=O) groups excluding carboxylic acids is 1. The van der Waals surface area contributed by atoms with Gasteiger partial charge in [-0.2, -0.15) is 0 Å². The summed E-state index contributed by atoms with van der Waals surface area (Å²) in [7, 11) is 0. The Bertz CT molecular complexity index is 877. The first-order chi connectivity index (χ1) is 10.5. The predicted molar refractivity (Wildman–Crippen MR) is 83.8 cm³/mol. The van der Waals surface area contributed by atoms with Crippen molar-refractivity contribution in [3.05, 3.63) is 52.8 Å². The summed E-state index contributed by atoms with van der Waals surface area (Å²) < 4.78 is 0.685. The third kappa shape index (κ3) is 2.90. The fourth-order valence-electron chi connectivity index (χ4n) is 1.79. The zero-order valence-electron chi connectivity index (χ0n) is 10.9. The SMILES string of the molecule is O=C(O)c1ccc2nc(NC(=O)c3ccc(Cl)nc3)sc2c1. The highest BCUT2D eigenvalue weighted by Gasteiger charge is 2.12. The summed E-state index contributed by atoms with van der Waals surface area (Å²) in [4.78, 5) is 31.1. The Labute approximate surface area is 133 Å². The largest absolute Gasteiger partial charge is 0.478 e. The number of carbonyl (C=O) groups is 2. The van der Waals surface area contributed by atoms with Gasteiger partial charge < -0.3 is 5.11 Å². The molecular formula is C14H8ClN3O3S. The Hall–Kier alpha value is -2.51. The number of aromatic carboxylic acids is 1. The molecule has 22 heavy (non-hydrogen) atoms. The van der Waals surface area contributed by atoms with Gasteiger partial charge in [0.15, 0.2) is 5.13 Å². The van der Waals surface area contributed by atoms with Gasteiger partial charge in [-0.05, 0) is 30.3 Å².